The van der Waals surface area contributed by atoms with E-state index < -0.39 is 28.3 Å². The van der Waals surface area contributed by atoms with E-state index >= 15 is 0 Å². The molecule has 1 aromatic rings. The van der Waals surface area contributed by atoms with Crippen LogP contribution in [0.3, 0.4) is 0 Å². The summed E-state index contributed by atoms with van der Waals surface area (Å²) in [7, 11) is -4.26. The van der Waals surface area contributed by atoms with Crippen LogP contribution in [0, 0.1) is 22.7 Å². The third-order valence-electron chi connectivity index (χ3n) is 9.90. The van der Waals surface area contributed by atoms with Gasteiger partial charge < -0.3 is 10.4 Å². The van der Waals surface area contributed by atoms with Crippen molar-refractivity contribution < 1.29 is 23.1 Å². The van der Waals surface area contributed by atoms with E-state index in [-0.39, 0.29) is 35.1 Å². The molecule has 0 spiro atoms. The van der Waals surface area contributed by atoms with Crippen LogP contribution in [0.4, 0.5) is 0 Å². The summed E-state index contributed by atoms with van der Waals surface area (Å²) in [5.74, 6) is -0.758. The summed E-state index contributed by atoms with van der Waals surface area (Å²) in [4.78, 5) is 25.5. The smallest absolute Gasteiger partial charge is 0.322 e. The summed E-state index contributed by atoms with van der Waals surface area (Å²) in [6, 6.07) is 6.61. The number of benzene rings is 1. The van der Waals surface area contributed by atoms with E-state index in [1.807, 2.05) is 6.07 Å². The molecule has 5 atom stereocenters. The number of nitrogens with one attached hydrogen (secondary N) is 3. The molecule has 1 amide bonds. The molecule has 3 aliphatic rings. The van der Waals surface area contributed by atoms with Gasteiger partial charge in [0.1, 0.15) is 12.1 Å². The van der Waals surface area contributed by atoms with Crippen LogP contribution in [0.15, 0.2) is 30.3 Å². The fraction of sp³-hybridized carbons (Fsp3) is 0.714. The number of carboxylic acid groups (broad SMARTS) is 1. The second-order valence-corrected chi connectivity index (χ2v) is 13.8. The zero-order valence-electron chi connectivity index (χ0n) is 22.3. The average molecular weight is 534 g/mol. The molecule has 9 heteroatoms. The lowest BCUT2D eigenvalue weighted by molar-refractivity contribution is -0.138. The largest absolute Gasteiger partial charge is 0.480 e. The van der Waals surface area contributed by atoms with Gasteiger partial charge in [-0.1, -0.05) is 83.2 Å². The molecule has 0 aromatic heterocycles. The summed E-state index contributed by atoms with van der Waals surface area (Å²) in [5, 5.41) is 12.9. The molecule has 3 fully saturated rings. The lowest BCUT2D eigenvalue weighted by atomic mass is 9.69. The highest BCUT2D eigenvalue weighted by molar-refractivity contribution is 7.87. The molecule has 0 heterocycles. The van der Waals surface area contributed by atoms with E-state index in [0.29, 0.717) is 17.9 Å². The fourth-order valence-corrected chi connectivity index (χ4v) is 8.30. The Morgan fingerprint density at radius 3 is 2.22 bits per heavy atom. The first-order valence-electron chi connectivity index (χ1n) is 13.8. The molecule has 3 saturated carbocycles. The van der Waals surface area contributed by atoms with Crippen LogP contribution >= 0.6 is 0 Å². The molecular formula is C28H43N3O5S. The van der Waals surface area contributed by atoms with Crippen molar-refractivity contribution in [3.8, 4) is 0 Å². The summed E-state index contributed by atoms with van der Waals surface area (Å²) in [6.07, 6.45) is 8.82. The molecule has 2 bridgehead atoms. The van der Waals surface area contributed by atoms with Crippen molar-refractivity contribution in [3.63, 3.8) is 0 Å². The number of hydrogen-bond donors (Lipinski definition) is 4. The van der Waals surface area contributed by atoms with Crippen molar-refractivity contribution in [2.24, 2.45) is 22.7 Å². The summed E-state index contributed by atoms with van der Waals surface area (Å²) in [6.45, 7) is 6.80. The Labute approximate surface area is 221 Å². The normalized spacial score (nSPS) is 29.1. The van der Waals surface area contributed by atoms with E-state index in [4.69, 9.17) is 0 Å². The van der Waals surface area contributed by atoms with Crippen molar-refractivity contribution in [2.75, 3.05) is 0 Å². The maximum absolute atomic E-state index is 13.6. The highest BCUT2D eigenvalue weighted by Crippen LogP contribution is 2.65. The van der Waals surface area contributed by atoms with Crippen LogP contribution in [-0.4, -0.2) is 43.5 Å². The minimum absolute atomic E-state index is 0.00455. The lowest BCUT2D eigenvalue weighted by Gasteiger charge is -2.40. The summed E-state index contributed by atoms with van der Waals surface area (Å²) < 4.78 is 31.2. The van der Waals surface area contributed by atoms with Gasteiger partial charge in [0.25, 0.3) is 10.2 Å². The van der Waals surface area contributed by atoms with Crippen LogP contribution in [0.1, 0.15) is 84.1 Å². The second-order valence-electron chi connectivity index (χ2n) is 12.3. The number of aliphatic carboxylic acids is 1. The van der Waals surface area contributed by atoms with Crippen LogP contribution < -0.4 is 14.8 Å². The molecular weight excluding hydrogens is 490 g/mol. The SMILES string of the molecule is CC1(C)[C@@H]2CC[C@@]1(C)[C@@H](NC(=O)[C@H](CC1CCCCC1)NS(=O)(=O)N[C@@H](Cc1ccccc1)C(=O)O)C2. The summed E-state index contributed by atoms with van der Waals surface area (Å²) in [5.41, 5.74) is 0.808. The lowest BCUT2D eigenvalue weighted by Crippen LogP contribution is -2.57. The standard InChI is InChI=1S/C28H43N3O5S/c1-27(2)21-14-15-28(27,3)24(18-21)29-25(32)22(16-19-10-6-4-7-11-19)30-37(35,36)31-23(26(33)34)17-20-12-8-5-9-13-20/h5,8-9,12-13,19,21-24,30-31H,4,6-7,10-11,14-18H2,1-3H3,(H,29,32)(H,33,34)/t21-,22+,23+,24+,28+/m1/s1. The molecule has 3 aliphatic carbocycles. The number of carboxylic acids is 1. The third kappa shape index (κ3) is 6.20. The number of carbonyl (C=O) groups excluding carboxylic acids is 1. The van der Waals surface area contributed by atoms with Gasteiger partial charge in [0, 0.05) is 6.04 Å². The van der Waals surface area contributed by atoms with Crippen LogP contribution in [0.25, 0.3) is 0 Å². The zero-order chi connectivity index (χ0) is 26.8. The van der Waals surface area contributed by atoms with Crippen molar-refractivity contribution in [3.05, 3.63) is 35.9 Å². The van der Waals surface area contributed by atoms with Crippen LogP contribution in [0.5, 0.6) is 0 Å². The molecule has 0 saturated heterocycles. The molecule has 4 rings (SSSR count). The maximum atomic E-state index is 13.6. The van der Waals surface area contributed by atoms with Gasteiger partial charge in [0.2, 0.25) is 5.91 Å². The number of rotatable bonds is 11. The predicted octanol–water partition coefficient (Wildman–Crippen LogP) is 3.78. The topological polar surface area (TPSA) is 125 Å². The van der Waals surface area contributed by atoms with Crippen molar-refractivity contribution >= 4 is 22.1 Å². The highest BCUT2D eigenvalue weighted by atomic mass is 32.2. The molecule has 0 radical (unpaired) electrons. The quantitative estimate of drug-likeness (QED) is 0.345. The van der Waals surface area contributed by atoms with Gasteiger partial charge in [-0.25, -0.2) is 0 Å². The second kappa shape index (κ2) is 11.0. The molecule has 0 aliphatic heterocycles. The molecule has 0 unspecified atom stereocenters. The van der Waals surface area contributed by atoms with E-state index in [1.54, 1.807) is 24.3 Å². The molecule has 206 valence electrons. The fourth-order valence-electron chi connectivity index (χ4n) is 7.10. The predicted molar refractivity (Wildman–Crippen MR) is 143 cm³/mol. The molecule has 4 N–H and O–H groups in total. The van der Waals surface area contributed by atoms with Gasteiger partial charge in [0.05, 0.1) is 0 Å². The molecule has 37 heavy (non-hydrogen) atoms. The van der Waals surface area contributed by atoms with Crippen LogP contribution in [0.2, 0.25) is 0 Å². The van der Waals surface area contributed by atoms with E-state index in [2.05, 4.69) is 35.5 Å². The number of fused-ring (bicyclic) bond motifs is 2. The van der Waals surface area contributed by atoms with Crippen molar-refractivity contribution in [2.45, 2.75) is 103 Å². The minimum atomic E-state index is -4.26. The number of carbonyl (C=O) groups is 2. The third-order valence-corrected chi connectivity index (χ3v) is 11.1. The Morgan fingerprint density at radius 2 is 1.65 bits per heavy atom. The minimum Gasteiger partial charge on any atom is -0.480 e. The summed E-state index contributed by atoms with van der Waals surface area (Å²) >= 11 is 0. The van der Waals surface area contributed by atoms with E-state index in [0.717, 1.165) is 51.4 Å². The average Bonchev–Trinajstić information content (AvgIpc) is 3.18. The van der Waals surface area contributed by atoms with Gasteiger partial charge in [-0.05, 0) is 60.3 Å². The van der Waals surface area contributed by atoms with Gasteiger partial charge >= 0.3 is 5.97 Å². The van der Waals surface area contributed by atoms with Gasteiger partial charge in [0.15, 0.2) is 0 Å². The zero-order valence-corrected chi connectivity index (χ0v) is 23.1. The van der Waals surface area contributed by atoms with Crippen molar-refractivity contribution in [1.82, 2.24) is 14.8 Å². The highest BCUT2D eigenvalue weighted by Gasteiger charge is 2.61. The van der Waals surface area contributed by atoms with Gasteiger partial charge in [-0.3, -0.25) is 9.59 Å². The maximum Gasteiger partial charge on any atom is 0.322 e. The Hall–Kier alpha value is -1.97. The van der Waals surface area contributed by atoms with E-state index in [1.165, 1.54) is 0 Å². The Balaban J connectivity index is 1.48. The Morgan fingerprint density at radius 1 is 1.00 bits per heavy atom. The van der Waals surface area contributed by atoms with E-state index in [9.17, 15) is 23.1 Å². The Bertz CT molecular complexity index is 1070. The van der Waals surface area contributed by atoms with Gasteiger partial charge in [-0.2, -0.15) is 17.9 Å². The molecule has 8 nitrogen and oxygen atoms in total. The number of amides is 1. The first kappa shape index (κ1) is 28.0. The van der Waals surface area contributed by atoms with Gasteiger partial charge in [-0.15, -0.1) is 0 Å². The number of hydrogen-bond acceptors (Lipinski definition) is 4. The Kier molecular flexibility index (Phi) is 8.36. The first-order chi connectivity index (χ1) is 17.4. The monoisotopic (exact) mass is 533 g/mol. The van der Waals surface area contributed by atoms with Crippen LogP contribution in [-0.2, 0) is 26.2 Å². The first-order valence-corrected chi connectivity index (χ1v) is 15.3. The molecule has 1 aromatic carbocycles. The van der Waals surface area contributed by atoms with Crippen molar-refractivity contribution in [1.29, 1.82) is 0 Å².